The van der Waals surface area contributed by atoms with E-state index in [4.69, 9.17) is 22.9 Å². The van der Waals surface area contributed by atoms with E-state index in [1.807, 2.05) is 24.3 Å². The van der Waals surface area contributed by atoms with Gasteiger partial charge in [-0.25, -0.2) is 0 Å². The summed E-state index contributed by atoms with van der Waals surface area (Å²) in [7, 11) is 0. The summed E-state index contributed by atoms with van der Waals surface area (Å²) in [6.45, 7) is 0. The highest BCUT2D eigenvalue weighted by atomic mass is 79.9. The maximum absolute atomic E-state index is 5.61. The minimum absolute atomic E-state index is 0.423. The Hall–Kier alpha value is 0.345. The zero-order valence-electron chi connectivity index (χ0n) is 5.02. The average molecular weight is 238 g/mol. The van der Waals surface area contributed by atoms with E-state index in [1.165, 1.54) is 0 Å². The molecule has 0 spiro atoms. The van der Waals surface area contributed by atoms with Crippen molar-refractivity contribution in [3.63, 3.8) is 0 Å². The molecule has 0 nitrogen and oxygen atoms in total. The third-order valence-corrected chi connectivity index (χ3v) is 2.15. The van der Waals surface area contributed by atoms with Gasteiger partial charge in [0.15, 0.2) is 0 Å². The number of hydrogen-bond donors (Lipinski definition) is 0. The third-order valence-electron chi connectivity index (χ3n) is 1.12. The molecule has 10 heavy (non-hydrogen) atoms. The van der Waals surface area contributed by atoms with Crippen molar-refractivity contribution in [3.05, 3.63) is 28.7 Å². The fourth-order valence-corrected chi connectivity index (χ4v) is 1.16. The molecule has 0 saturated carbocycles. The zero-order chi connectivity index (χ0) is 7.56. The minimum atomic E-state index is -0.423. The van der Waals surface area contributed by atoms with Crippen molar-refractivity contribution in [1.82, 2.24) is 0 Å². The van der Waals surface area contributed by atoms with Gasteiger partial charge >= 0.3 is 5.54 Å². The van der Waals surface area contributed by atoms with E-state index in [9.17, 15) is 0 Å². The second kappa shape index (κ2) is 3.65. The standard InChI is InChI=1S/C6H4BBrCl2/c8-6-3-1-5(2-4-6)7(9)10/h1-4H. The SMILES string of the molecule is ClB(Cl)c1ccc(Br)cc1. The summed E-state index contributed by atoms with van der Waals surface area (Å²) in [5, 5.41) is 0. The molecule has 0 N–H and O–H groups in total. The molecular weight excluding hydrogens is 234 g/mol. The second-order valence-electron chi connectivity index (χ2n) is 1.85. The van der Waals surface area contributed by atoms with E-state index in [0.717, 1.165) is 9.94 Å². The van der Waals surface area contributed by atoms with E-state index in [1.54, 1.807) is 0 Å². The molecule has 1 rings (SSSR count). The van der Waals surface area contributed by atoms with Crippen LogP contribution in [0.1, 0.15) is 0 Å². The molecule has 1 aromatic rings. The summed E-state index contributed by atoms with van der Waals surface area (Å²) in [5.41, 5.74) is 0.500. The predicted octanol–water partition coefficient (Wildman–Crippen LogP) is 2.62. The van der Waals surface area contributed by atoms with Gasteiger partial charge in [0.1, 0.15) is 0 Å². The molecule has 0 atom stereocenters. The van der Waals surface area contributed by atoms with Crippen molar-refractivity contribution in [2.45, 2.75) is 0 Å². The van der Waals surface area contributed by atoms with Crippen molar-refractivity contribution in [3.8, 4) is 0 Å². The molecule has 0 bridgehead atoms. The van der Waals surface area contributed by atoms with Crippen molar-refractivity contribution in [2.75, 3.05) is 0 Å². The Balaban J connectivity index is 2.89. The number of hydrogen-bond acceptors (Lipinski definition) is 0. The van der Waals surface area contributed by atoms with E-state index >= 15 is 0 Å². The summed E-state index contributed by atoms with van der Waals surface area (Å²) in [4.78, 5) is 0. The summed E-state index contributed by atoms with van der Waals surface area (Å²) < 4.78 is 1.03. The van der Waals surface area contributed by atoms with Gasteiger partial charge in [-0.1, -0.05) is 28.1 Å². The van der Waals surface area contributed by atoms with E-state index in [0.29, 0.717) is 0 Å². The molecule has 0 unspecified atom stereocenters. The molecule has 0 aliphatic heterocycles. The first-order chi connectivity index (χ1) is 4.70. The van der Waals surface area contributed by atoms with Crippen LogP contribution in [0.5, 0.6) is 0 Å². The Labute approximate surface area is 78.6 Å². The van der Waals surface area contributed by atoms with Gasteiger partial charge in [-0.15, -0.1) is 0 Å². The Morgan fingerprint density at radius 3 is 2.00 bits per heavy atom. The van der Waals surface area contributed by atoms with Crippen LogP contribution in [0.2, 0.25) is 0 Å². The van der Waals surface area contributed by atoms with Crippen LogP contribution in [-0.4, -0.2) is 5.54 Å². The molecule has 0 saturated heterocycles. The van der Waals surface area contributed by atoms with E-state index < -0.39 is 5.54 Å². The van der Waals surface area contributed by atoms with Gasteiger partial charge in [0, 0.05) is 4.47 Å². The van der Waals surface area contributed by atoms with E-state index in [2.05, 4.69) is 15.9 Å². The highest BCUT2D eigenvalue weighted by molar-refractivity contribution is 9.10. The third kappa shape index (κ3) is 2.19. The van der Waals surface area contributed by atoms with Crippen molar-refractivity contribution >= 4 is 49.9 Å². The van der Waals surface area contributed by atoms with Crippen LogP contribution in [0.15, 0.2) is 28.7 Å². The van der Waals surface area contributed by atoms with Gasteiger partial charge in [-0.2, -0.15) is 22.9 Å². The van der Waals surface area contributed by atoms with Crippen LogP contribution in [0.3, 0.4) is 0 Å². The second-order valence-corrected chi connectivity index (χ2v) is 3.86. The Bertz CT molecular complexity index is 209. The summed E-state index contributed by atoms with van der Waals surface area (Å²) in [6, 6.07) is 7.59. The van der Waals surface area contributed by atoms with Crippen LogP contribution >= 0.6 is 38.9 Å². The van der Waals surface area contributed by atoms with Gasteiger partial charge < -0.3 is 0 Å². The molecule has 0 aromatic heterocycles. The minimum Gasteiger partial charge on any atom is -0.165 e. The number of rotatable bonds is 1. The van der Waals surface area contributed by atoms with Crippen LogP contribution in [0.4, 0.5) is 0 Å². The number of benzene rings is 1. The topological polar surface area (TPSA) is 0 Å². The molecule has 4 heteroatoms. The first kappa shape index (κ1) is 8.44. The smallest absolute Gasteiger partial charge is 0.165 e. The Morgan fingerprint density at radius 2 is 1.60 bits per heavy atom. The maximum Gasteiger partial charge on any atom is 0.382 e. The molecule has 1 aromatic carbocycles. The van der Waals surface area contributed by atoms with Crippen LogP contribution in [0.25, 0.3) is 0 Å². The number of halogens is 3. The monoisotopic (exact) mass is 236 g/mol. The highest BCUT2D eigenvalue weighted by Crippen LogP contribution is 2.07. The average Bonchev–Trinajstić information content (AvgIpc) is 1.88. The predicted molar refractivity (Wildman–Crippen MR) is 51.2 cm³/mol. The Kier molecular flexibility index (Phi) is 3.08. The lowest BCUT2D eigenvalue weighted by molar-refractivity contribution is 1.70. The summed E-state index contributed by atoms with van der Waals surface area (Å²) in [5.74, 6) is 0. The quantitative estimate of drug-likeness (QED) is 0.659. The molecule has 0 aliphatic carbocycles. The zero-order valence-corrected chi connectivity index (χ0v) is 8.12. The lowest BCUT2D eigenvalue weighted by atomic mass is 9.93. The van der Waals surface area contributed by atoms with Gasteiger partial charge in [-0.3, -0.25) is 0 Å². The van der Waals surface area contributed by atoms with Crippen molar-refractivity contribution in [1.29, 1.82) is 0 Å². The van der Waals surface area contributed by atoms with E-state index in [-0.39, 0.29) is 0 Å². The Morgan fingerprint density at radius 1 is 1.10 bits per heavy atom. The normalized spacial score (nSPS) is 9.50. The first-order valence-electron chi connectivity index (χ1n) is 2.74. The van der Waals surface area contributed by atoms with Crippen LogP contribution < -0.4 is 5.46 Å². The lowest BCUT2D eigenvalue weighted by Gasteiger charge is -1.96. The maximum atomic E-state index is 5.61. The van der Waals surface area contributed by atoms with Crippen molar-refractivity contribution < 1.29 is 0 Å². The molecule has 0 fully saturated rings. The molecule has 52 valence electrons. The fraction of sp³-hybridized carbons (Fsp3) is 0. The van der Waals surface area contributed by atoms with Crippen molar-refractivity contribution in [2.24, 2.45) is 0 Å². The largest absolute Gasteiger partial charge is 0.382 e. The first-order valence-corrected chi connectivity index (χ1v) is 4.40. The lowest BCUT2D eigenvalue weighted by Crippen LogP contribution is -2.16. The molecule has 0 amide bonds. The molecule has 0 heterocycles. The summed E-state index contributed by atoms with van der Waals surface area (Å²) in [6.07, 6.45) is 0. The molecular formula is C6H4BBrCl2. The highest BCUT2D eigenvalue weighted by Gasteiger charge is 2.07. The van der Waals surface area contributed by atoms with Crippen LogP contribution in [0, 0.1) is 0 Å². The van der Waals surface area contributed by atoms with Gasteiger partial charge in [0.2, 0.25) is 0 Å². The van der Waals surface area contributed by atoms with Gasteiger partial charge in [0.25, 0.3) is 0 Å². The molecule has 0 aliphatic rings. The fourth-order valence-electron chi connectivity index (χ4n) is 0.608. The van der Waals surface area contributed by atoms with Gasteiger partial charge in [0.05, 0.1) is 0 Å². The van der Waals surface area contributed by atoms with Crippen LogP contribution in [-0.2, 0) is 0 Å². The van der Waals surface area contributed by atoms with Gasteiger partial charge in [-0.05, 0) is 17.6 Å². The summed E-state index contributed by atoms with van der Waals surface area (Å²) >= 11 is 14.5. The molecule has 0 radical (unpaired) electrons.